The zero-order valence-corrected chi connectivity index (χ0v) is 5.21. The topological polar surface area (TPSA) is 32.3 Å². The molecule has 0 aromatic rings. The maximum atomic E-state index is 10.2. The normalized spacial score (nSPS) is 26.2. The van der Waals surface area contributed by atoms with E-state index < -0.39 is 0 Å². The number of carbonyl (C=O) groups is 1. The summed E-state index contributed by atoms with van der Waals surface area (Å²) in [5.74, 6) is 0. The highest BCUT2D eigenvalue weighted by molar-refractivity contribution is 5.57. The van der Waals surface area contributed by atoms with Crippen LogP contribution in [0.1, 0.15) is 0 Å². The van der Waals surface area contributed by atoms with Gasteiger partial charge in [-0.2, -0.15) is 0 Å². The Balaban J connectivity index is 2.50. The van der Waals surface area contributed by atoms with Crippen molar-refractivity contribution < 1.29 is 4.79 Å². The Morgan fingerprint density at radius 3 is 3.00 bits per heavy atom. The van der Waals surface area contributed by atoms with Crippen molar-refractivity contribution in [3.63, 3.8) is 0 Å². The van der Waals surface area contributed by atoms with E-state index in [0.717, 1.165) is 19.4 Å². The van der Waals surface area contributed by atoms with E-state index >= 15 is 0 Å². The molecule has 3 nitrogen and oxygen atoms in total. The highest BCUT2D eigenvalue weighted by Gasteiger charge is 2.18. The molecule has 1 unspecified atom stereocenters. The number of rotatable bonds is 2. The predicted octanol–water partition coefficient (Wildman–Crippen LogP) is -0.440. The standard InChI is InChI=1S/C6H10N2O/c1-2-8-4-3-7-6(8)5-9/h2,5-7H,1,3-4H2. The second kappa shape index (κ2) is 2.64. The van der Waals surface area contributed by atoms with E-state index in [4.69, 9.17) is 0 Å². The van der Waals surface area contributed by atoms with Crippen LogP contribution in [0.3, 0.4) is 0 Å². The summed E-state index contributed by atoms with van der Waals surface area (Å²) < 4.78 is 0. The Labute approximate surface area is 54.3 Å². The van der Waals surface area contributed by atoms with Crippen LogP contribution < -0.4 is 5.32 Å². The average molecular weight is 126 g/mol. The lowest BCUT2D eigenvalue weighted by atomic mass is 10.5. The SMILES string of the molecule is C=CN1CCNC1C=O. The Hall–Kier alpha value is -0.830. The van der Waals surface area contributed by atoms with Gasteiger partial charge in [0.25, 0.3) is 0 Å². The Kier molecular flexibility index (Phi) is 1.85. The maximum absolute atomic E-state index is 10.2. The van der Waals surface area contributed by atoms with E-state index in [2.05, 4.69) is 11.9 Å². The molecule has 3 heteroatoms. The Morgan fingerprint density at radius 1 is 1.78 bits per heavy atom. The predicted molar refractivity (Wildman–Crippen MR) is 34.8 cm³/mol. The molecule has 0 saturated carbocycles. The van der Waals surface area contributed by atoms with Gasteiger partial charge in [0.2, 0.25) is 0 Å². The van der Waals surface area contributed by atoms with Gasteiger partial charge < -0.3 is 4.90 Å². The van der Waals surface area contributed by atoms with Gasteiger partial charge in [-0.1, -0.05) is 6.58 Å². The summed E-state index contributed by atoms with van der Waals surface area (Å²) in [5, 5.41) is 2.99. The maximum Gasteiger partial charge on any atom is 0.157 e. The van der Waals surface area contributed by atoms with Crippen LogP contribution in [-0.4, -0.2) is 30.4 Å². The molecule has 50 valence electrons. The van der Waals surface area contributed by atoms with Crippen LogP contribution in [-0.2, 0) is 4.79 Å². The first kappa shape index (κ1) is 6.29. The molecule has 1 fully saturated rings. The average Bonchev–Trinajstić information content (AvgIpc) is 2.33. The first-order chi connectivity index (χ1) is 4.38. The molecule has 0 amide bonds. The lowest BCUT2D eigenvalue weighted by molar-refractivity contribution is -0.111. The number of nitrogens with zero attached hydrogens (tertiary/aromatic N) is 1. The first-order valence-corrected chi connectivity index (χ1v) is 2.95. The molecule has 9 heavy (non-hydrogen) atoms. The van der Waals surface area contributed by atoms with E-state index in [9.17, 15) is 4.79 Å². The summed E-state index contributed by atoms with van der Waals surface area (Å²) in [7, 11) is 0. The Bertz CT molecular complexity index is 110. The Morgan fingerprint density at radius 2 is 2.56 bits per heavy atom. The van der Waals surface area contributed by atoms with Crippen molar-refractivity contribution in [3.8, 4) is 0 Å². The third-order valence-electron chi connectivity index (χ3n) is 1.44. The van der Waals surface area contributed by atoms with Gasteiger partial charge in [-0.15, -0.1) is 0 Å². The van der Waals surface area contributed by atoms with Crippen LogP contribution in [0.4, 0.5) is 0 Å². The van der Waals surface area contributed by atoms with Crippen LogP contribution in [0.15, 0.2) is 12.8 Å². The number of hydrogen-bond donors (Lipinski definition) is 1. The minimum Gasteiger partial charge on any atom is -0.355 e. The molecule has 1 rings (SSSR count). The highest BCUT2D eigenvalue weighted by Crippen LogP contribution is 1.98. The second-order valence-electron chi connectivity index (χ2n) is 1.96. The minimum absolute atomic E-state index is 0.137. The van der Waals surface area contributed by atoms with Crippen molar-refractivity contribution in [2.45, 2.75) is 6.17 Å². The van der Waals surface area contributed by atoms with Gasteiger partial charge in [0.15, 0.2) is 6.29 Å². The molecular formula is C6H10N2O. The van der Waals surface area contributed by atoms with Crippen LogP contribution in [0.5, 0.6) is 0 Å². The quantitative estimate of drug-likeness (QED) is 0.509. The molecule has 1 saturated heterocycles. The lowest BCUT2D eigenvalue weighted by Crippen LogP contribution is -2.33. The van der Waals surface area contributed by atoms with Crippen molar-refractivity contribution in [3.05, 3.63) is 12.8 Å². The smallest absolute Gasteiger partial charge is 0.157 e. The highest BCUT2D eigenvalue weighted by atomic mass is 16.1. The van der Waals surface area contributed by atoms with Gasteiger partial charge in [-0.3, -0.25) is 10.1 Å². The number of nitrogens with one attached hydrogen (secondary N) is 1. The second-order valence-corrected chi connectivity index (χ2v) is 1.96. The molecule has 1 aliphatic rings. The zero-order valence-electron chi connectivity index (χ0n) is 5.21. The summed E-state index contributed by atoms with van der Waals surface area (Å²) >= 11 is 0. The first-order valence-electron chi connectivity index (χ1n) is 2.95. The third-order valence-corrected chi connectivity index (χ3v) is 1.44. The van der Waals surface area contributed by atoms with E-state index in [1.54, 1.807) is 6.20 Å². The van der Waals surface area contributed by atoms with Gasteiger partial charge in [0.1, 0.15) is 6.17 Å². The summed E-state index contributed by atoms with van der Waals surface area (Å²) in [6, 6.07) is 0. The van der Waals surface area contributed by atoms with Gasteiger partial charge >= 0.3 is 0 Å². The van der Waals surface area contributed by atoms with Crippen molar-refractivity contribution >= 4 is 6.29 Å². The molecule has 1 atom stereocenters. The fraction of sp³-hybridized carbons (Fsp3) is 0.500. The third kappa shape index (κ3) is 1.10. The van der Waals surface area contributed by atoms with E-state index in [-0.39, 0.29) is 6.17 Å². The fourth-order valence-electron chi connectivity index (χ4n) is 0.929. The summed E-state index contributed by atoms with van der Waals surface area (Å²) in [6.45, 7) is 5.32. The van der Waals surface area contributed by atoms with Gasteiger partial charge in [-0.05, 0) is 6.20 Å². The van der Waals surface area contributed by atoms with E-state index in [1.165, 1.54) is 0 Å². The van der Waals surface area contributed by atoms with Crippen LogP contribution in [0.2, 0.25) is 0 Å². The van der Waals surface area contributed by atoms with Gasteiger partial charge in [0.05, 0.1) is 0 Å². The molecule has 1 N–H and O–H groups in total. The molecule has 1 aliphatic heterocycles. The molecular weight excluding hydrogens is 116 g/mol. The summed E-state index contributed by atoms with van der Waals surface area (Å²) in [4.78, 5) is 12.1. The molecule has 0 aliphatic carbocycles. The lowest BCUT2D eigenvalue weighted by Gasteiger charge is -2.14. The molecule has 0 bridgehead atoms. The largest absolute Gasteiger partial charge is 0.355 e. The van der Waals surface area contributed by atoms with Crippen LogP contribution in [0.25, 0.3) is 0 Å². The number of carbonyl (C=O) groups excluding carboxylic acids is 1. The summed E-state index contributed by atoms with van der Waals surface area (Å²) in [6.07, 6.45) is 2.43. The van der Waals surface area contributed by atoms with Crippen molar-refractivity contribution in [1.29, 1.82) is 0 Å². The van der Waals surface area contributed by atoms with E-state index in [1.807, 2.05) is 4.90 Å². The monoisotopic (exact) mass is 126 g/mol. The van der Waals surface area contributed by atoms with Crippen molar-refractivity contribution in [2.24, 2.45) is 0 Å². The number of aldehydes is 1. The van der Waals surface area contributed by atoms with Gasteiger partial charge in [0, 0.05) is 13.1 Å². The van der Waals surface area contributed by atoms with Crippen molar-refractivity contribution in [2.75, 3.05) is 13.1 Å². The zero-order chi connectivity index (χ0) is 6.69. The van der Waals surface area contributed by atoms with Gasteiger partial charge in [-0.25, -0.2) is 0 Å². The fourth-order valence-corrected chi connectivity index (χ4v) is 0.929. The van der Waals surface area contributed by atoms with Crippen LogP contribution >= 0.6 is 0 Å². The van der Waals surface area contributed by atoms with Crippen molar-refractivity contribution in [1.82, 2.24) is 10.2 Å². The van der Waals surface area contributed by atoms with E-state index in [0.29, 0.717) is 0 Å². The molecule has 0 spiro atoms. The molecule has 1 heterocycles. The van der Waals surface area contributed by atoms with Crippen LogP contribution in [0, 0.1) is 0 Å². The molecule has 0 aromatic carbocycles. The number of hydrogen-bond acceptors (Lipinski definition) is 3. The molecule has 0 aromatic heterocycles. The molecule has 0 radical (unpaired) electrons. The minimum atomic E-state index is -0.137. The summed E-state index contributed by atoms with van der Waals surface area (Å²) in [5.41, 5.74) is 0.